The zero-order chi connectivity index (χ0) is 11.8. The maximum absolute atomic E-state index is 11.1. The Bertz CT molecular complexity index is 602. The third kappa shape index (κ3) is 1.56. The Balaban J connectivity index is 2.15. The van der Waals surface area contributed by atoms with Gasteiger partial charge in [0, 0.05) is 12.0 Å². The first-order valence-corrected chi connectivity index (χ1v) is 5.36. The zero-order valence-electron chi connectivity index (χ0n) is 9.01. The second-order valence-electron chi connectivity index (χ2n) is 3.99. The van der Waals surface area contributed by atoms with Gasteiger partial charge in [-0.25, -0.2) is 4.79 Å². The number of benzene rings is 2. The summed E-state index contributed by atoms with van der Waals surface area (Å²) in [6.07, 6.45) is 0.715. The average molecular weight is 226 g/mol. The second-order valence-corrected chi connectivity index (χ2v) is 3.99. The number of aromatic carboxylic acids is 1. The minimum atomic E-state index is -0.957. The number of rotatable bonds is 1. The van der Waals surface area contributed by atoms with Crippen LogP contribution in [0.25, 0.3) is 0 Å². The van der Waals surface area contributed by atoms with Crippen LogP contribution in [0.1, 0.15) is 21.5 Å². The number of para-hydroxylation sites is 2. The van der Waals surface area contributed by atoms with Crippen LogP contribution in [-0.4, -0.2) is 11.1 Å². The summed E-state index contributed by atoms with van der Waals surface area (Å²) in [5, 5.41) is 9.11. The molecule has 1 aliphatic rings. The molecule has 17 heavy (non-hydrogen) atoms. The highest BCUT2D eigenvalue weighted by Gasteiger charge is 2.21. The van der Waals surface area contributed by atoms with Crippen molar-refractivity contribution in [1.82, 2.24) is 0 Å². The van der Waals surface area contributed by atoms with Gasteiger partial charge in [0.05, 0.1) is 0 Å². The molecule has 3 nitrogen and oxygen atoms in total. The van der Waals surface area contributed by atoms with Gasteiger partial charge in [0.25, 0.3) is 0 Å². The van der Waals surface area contributed by atoms with Gasteiger partial charge in [-0.3, -0.25) is 0 Å². The summed E-state index contributed by atoms with van der Waals surface area (Å²) in [5.74, 6) is 0.258. The van der Waals surface area contributed by atoms with E-state index in [4.69, 9.17) is 9.84 Å². The monoisotopic (exact) mass is 226 g/mol. The highest BCUT2D eigenvalue weighted by molar-refractivity contribution is 5.91. The van der Waals surface area contributed by atoms with E-state index in [-0.39, 0.29) is 5.56 Å². The molecule has 2 aromatic rings. The summed E-state index contributed by atoms with van der Waals surface area (Å²) in [4.78, 5) is 11.1. The lowest BCUT2D eigenvalue weighted by atomic mass is 9.98. The number of fused-ring (bicyclic) bond motifs is 2. The number of carbonyl (C=O) groups is 1. The smallest absolute Gasteiger partial charge is 0.339 e. The molecule has 2 aromatic carbocycles. The number of carboxylic acids is 1. The topological polar surface area (TPSA) is 46.5 Å². The van der Waals surface area contributed by atoms with Crippen LogP contribution in [0.2, 0.25) is 0 Å². The summed E-state index contributed by atoms with van der Waals surface area (Å²) < 4.78 is 5.69. The molecule has 0 radical (unpaired) electrons. The van der Waals surface area contributed by atoms with Crippen LogP contribution in [0.4, 0.5) is 0 Å². The van der Waals surface area contributed by atoms with Gasteiger partial charge < -0.3 is 9.84 Å². The highest BCUT2D eigenvalue weighted by Crippen LogP contribution is 2.38. The van der Waals surface area contributed by atoms with Crippen molar-refractivity contribution in [1.29, 1.82) is 0 Å². The summed E-state index contributed by atoms with van der Waals surface area (Å²) >= 11 is 0. The van der Waals surface area contributed by atoms with Gasteiger partial charge in [0.15, 0.2) is 0 Å². The second kappa shape index (κ2) is 3.63. The van der Waals surface area contributed by atoms with E-state index >= 15 is 0 Å². The van der Waals surface area contributed by atoms with Crippen molar-refractivity contribution in [3.8, 4) is 11.5 Å². The first kappa shape index (κ1) is 9.90. The Morgan fingerprint density at radius 3 is 2.65 bits per heavy atom. The van der Waals surface area contributed by atoms with Crippen LogP contribution in [0.3, 0.4) is 0 Å². The van der Waals surface area contributed by atoms with Gasteiger partial charge >= 0.3 is 5.97 Å². The molecule has 0 saturated carbocycles. The molecule has 84 valence electrons. The van der Waals surface area contributed by atoms with E-state index in [1.807, 2.05) is 30.3 Å². The summed E-state index contributed by atoms with van der Waals surface area (Å²) in [5.41, 5.74) is 2.23. The van der Waals surface area contributed by atoms with E-state index in [1.165, 1.54) is 0 Å². The number of ether oxygens (including phenoxy) is 1. The van der Waals surface area contributed by atoms with Crippen molar-refractivity contribution < 1.29 is 14.6 Å². The molecule has 0 atom stereocenters. The lowest BCUT2D eigenvalue weighted by molar-refractivity contribution is 0.0694. The predicted octanol–water partition coefficient (Wildman–Crippen LogP) is 3.08. The van der Waals surface area contributed by atoms with Crippen molar-refractivity contribution in [2.45, 2.75) is 6.42 Å². The van der Waals surface area contributed by atoms with Crippen LogP contribution in [0.15, 0.2) is 42.5 Å². The lowest BCUT2D eigenvalue weighted by Gasteiger charge is -2.21. The normalized spacial score (nSPS) is 12.2. The van der Waals surface area contributed by atoms with Crippen molar-refractivity contribution >= 4 is 5.97 Å². The van der Waals surface area contributed by atoms with Crippen LogP contribution in [0, 0.1) is 0 Å². The van der Waals surface area contributed by atoms with Crippen LogP contribution >= 0.6 is 0 Å². The Kier molecular flexibility index (Phi) is 2.11. The lowest BCUT2D eigenvalue weighted by Crippen LogP contribution is -2.08. The van der Waals surface area contributed by atoms with E-state index in [9.17, 15) is 4.79 Å². The molecule has 1 heterocycles. The van der Waals surface area contributed by atoms with Crippen LogP contribution in [0.5, 0.6) is 11.5 Å². The third-order valence-electron chi connectivity index (χ3n) is 2.89. The fourth-order valence-electron chi connectivity index (χ4n) is 2.08. The van der Waals surface area contributed by atoms with Gasteiger partial charge in [-0.15, -0.1) is 0 Å². The van der Waals surface area contributed by atoms with Crippen LogP contribution in [-0.2, 0) is 6.42 Å². The molecular weight excluding hydrogens is 216 g/mol. The Labute approximate surface area is 98.3 Å². The van der Waals surface area contributed by atoms with E-state index in [2.05, 4.69) is 0 Å². The van der Waals surface area contributed by atoms with E-state index in [0.29, 0.717) is 12.2 Å². The van der Waals surface area contributed by atoms with Crippen molar-refractivity contribution in [2.75, 3.05) is 0 Å². The molecule has 0 amide bonds. The first-order chi connectivity index (χ1) is 8.25. The number of carboxylic acid groups (broad SMARTS) is 1. The molecule has 0 aliphatic carbocycles. The third-order valence-corrected chi connectivity index (χ3v) is 2.89. The summed E-state index contributed by atoms with van der Waals surface area (Å²) in [6.45, 7) is 0. The molecule has 0 bridgehead atoms. The van der Waals surface area contributed by atoms with Gasteiger partial charge in [-0.1, -0.05) is 30.3 Å². The molecule has 0 spiro atoms. The molecule has 3 rings (SSSR count). The predicted molar refractivity (Wildman–Crippen MR) is 62.7 cm³/mol. The SMILES string of the molecule is O=C(O)c1cccc2c1Oc1ccccc1C2. The van der Waals surface area contributed by atoms with Crippen molar-refractivity contribution in [3.05, 3.63) is 59.2 Å². The maximum atomic E-state index is 11.1. The highest BCUT2D eigenvalue weighted by atomic mass is 16.5. The number of hydrogen-bond acceptors (Lipinski definition) is 2. The van der Waals surface area contributed by atoms with Gasteiger partial charge in [-0.05, 0) is 17.7 Å². The minimum absolute atomic E-state index is 0.219. The van der Waals surface area contributed by atoms with E-state index in [0.717, 1.165) is 16.9 Å². The quantitative estimate of drug-likeness (QED) is 0.693. The van der Waals surface area contributed by atoms with E-state index in [1.54, 1.807) is 12.1 Å². The number of hydrogen-bond donors (Lipinski definition) is 1. The summed E-state index contributed by atoms with van der Waals surface area (Å²) in [6, 6.07) is 12.9. The Morgan fingerprint density at radius 2 is 1.82 bits per heavy atom. The Hall–Kier alpha value is -2.29. The fourth-order valence-corrected chi connectivity index (χ4v) is 2.08. The molecule has 0 fully saturated rings. The maximum Gasteiger partial charge on any atom is 0.339 e. The molecule has 0 aromatic heterocycles. The van der Waals surface area contributed by atoms with Gasteiger partial charge in [0.1, 0.15) is 17.1 Å². The molecule has 0 saturated heterocycles. The van der Waals surface area contributed by atoms with Gasteiger partial charge in [0.2, 0.25) is 0 Å². The molecule has 1 aliphatic heterocycles. The fraction of sp³-hybridized carbons (Fsp3) is 0.0714. The minimum Gasteiger partial charge on any atom is -0.478 e. The van der Waals surface area contributed by atoms with Gasteiger partial charge in [-0.2, -0.15) is 0 Å². The van der Waals surface area contributed by atoms with Crippen molar-refractivity contribution in [2.24, 2.45) is 0 Å². The largest absolute Gasteiger partial charge is 0.478 e. The zero-order valence-corrected chi connectivity index (χ0v) is 9.01. The molecule has 0 unspecified atom stereocenters. The molecule has 1 N–H and O–H groups in total. The Morgan fingerprint density at radius 1 is 1.06 bits per heavy atom. The van der Waals surface area contributed by atoms with E-state index < -0.39 is 5.97 Å². The molecular formula is C14H10O3. The average Bonchev–Trinajstić information content (AvgIpc) is 2.35. The van der Waals surface area contributed by atoms with Crippen LogP contribution < -0.4 is 4.74 Å². The first-order valence-electron chi connectivity index (χ1n) is 5.36. The standard InChI is InChI=1S/C14H10O3/c15-14(16)11-6-3-5-10-8-9-4-1-2-7-12(9)17-13(10)11/h1-7H,8H2,(H,15,16). The van der Waals surface area contributed by atoms with Crippen molar-refractivity contribution in [3.63, 3.8) is 0 Å². The molecule has 3 heteroatoms. The summed E-state index contributed by atoms with van der Waals surface area (Å²) in [7, 11) is 0.